The molecule has 3 aromatic rings. The van der Waals surface area contributed by atoms with Crippen molar-refractivity contribution in [3.63, 3.8) is 0 Å². The quantitative estimate of drug-likeness (QED) is 0.336. The van der Waals surface area contributed by atoms with Crippen LogP contribution in [0.5, 0.6) is 5.75 Å². The molecule has 3 aromatic carbocycles. The van der Waals surface area contributed by atoms with E-state index >= 15 is 0 Å². The van der Waals surface area contributed by atoms with Gasteiger partial charge in [0, 0.05) is 34.9 Å². The molecular weight excluding hydrogens is 553 g/mol. The molecule has 38 heavy (non-hydrogen) atoms. The second-order valence-corrected chi connectivity index (χ2v) is 11.6. The zero-order valence-electron chi connectivity index (χ0n) is 20.0. The van der Waals surface area contributed by atoms with Gasteiger partial charge in [0.1, 0.15) is 18.0 Å². The molecule has 1 amide bonds. The van der Waals surface area contributed by atoms with Crippen molar-refractivity contribution in [3.05, 3.63) is 94.0 Å². The third-order valence-electron chi connectivity index (χ3n) is 6.13. The molecule has 200 valence electrons. The van der Waals surface area contributed by atoms with Crippen molar-refractivity contribution in [2.45, 2.75) is 12.1 Å². The van der Waals surface area contributed by atoms with E-state index in [0.717, 1.165) is 11.1 Å². The Kier molecular flexibility index (Phi) is 8.59. The number of aromatic hydroxyl groups is 1. The largest absolute Gasteiger partial charge is 0.508 e. The summed E-state index contributed by atoms with van der Waals surface area (Å²) in [5, 5.41) is 20.0. The van der Waals surface area contributed by atoms with Gasteiger partial charge in [-0.1, -0.05) is 53.5 Å². The average Bonchev–Trinajstić information content (AvgIpc) is 2.83. The van der Waals surface area contributed by atoms with E-state index in [1.165, 1.54) is 17.0 Å². The van der Waals surface area contributed by atoms with Crippen LogP contribution >= 0.6 is 23.2 Å². The highest BCUT2D eigenvalue weighted by Gasteiger charge is 2.40. The molecular formula is C26H25Cl2N3O6S. The third kappa shape index (κ3) is 6.83. The highest BCUT2D eigenvalue weighted by molar-refractivity contribution is 7.90. The number of likely N-dealkylation sites (tertiary alicyclic amines) is 1. The number of halogens is 2. The summed E-state index contributed by atoms with van der Waals surface area (Å²) in [6, 6.07) is 20.3. The average molecular weight is 578 g/mol. The molecule has 0 aliphatic carbocycles. The number of hydrogen-bond donors (Lipinski definition) is 3. The highest BCUT2D eigenvalue weighted by atomic mass is 35.5. The maximum Gasteiger partial charge on any atom is 0.318 e. The van der Waals surface area contributed by atoms with Crippen LogP contribution in [0.4, 0.5) is 5.69 Å². The molecule has 1 heterocycles. The zero-order chi connectivity index (χ0) is 27.4. The second-order valence-electron chi connectivity index (χ2n) is 8.87. The molecule has 9 nitrogen and oxygen atoms in total. The van der Waals surface area contributed by atoms with Crippen LogP contribution in [0.25, 0.3) is 0 Å². The van der Waals surface area contributed by atoms with E-state index in [0.29, 0.717) is 28.8 Å². The SMILES string of the molecule is O=C(O)CNS(=O)(=O)CC(=O)N(c1cccc(O)c1)C1CN(C(c2ccc(Cl)cc2)c2ccc(Cl)cc2)C1. The van der Waals surface area contributed by atoms with Gasteiger partial charge < -0.3 is 15.1 Å². The Hall–Kier alpha value is -3.15. The number of nitrogens with zero attached hydrogens (tertiary/aromatic N) is 2. The van der Waals surface area contributed by atoms with Gasteiger partial charge in [-0.05, 0) is 47.5 Å². The summed E-state index contributed by atoms with van der Waals surface area (Å²) in [4.78, 5) is 27.5. The summed E-state index contributed by atoms with van der Waals surface area (Å²) in [5.41, 5.74) is 2.29. The molecule has 0 spiro atoms. The molecule has 4 rings (SSSR count). The fourth-order valence-corrected chi connectivity index (χ4v) is 5.58. The fourth-order valence-electron chi connectivity index (χ4n) is 4.42. The lowest BCUT2D eigenvalue weighted by molar-refractivity contribution is -0.135. The fraction of sp³-hybridized carbons (Fsp3) is 0.231. The van der Waals surface area contributed by atoms with Crippen molar-refractivity contribution >= 4 is 50.8 Å². The van der Waals surface area contributed by atoms with Gasteiger partial charge >= 0.3 is 5.97 Å². The van der Waals surface area contributed by atoms with E-state index in [1.807, 2.05) is 29.0 Å². The predicted octanol–water partition coefficient (Wildman–Crippen LogP) is 3.51. The van der Waals surface area contributed by atoms with Crippen molar-refractivity contribution in [2.75, 3.05) is 30.3 Å². The summed E-state index contributed by atoms with van der Waals surface area (Å²) in [5.74, 6) is -3.13. The Balaban J connectivity index is 1.60. The number of phenols is 1. The molecule has 0 unspecified atom stereocenters. The molecule has 3 N–H and O–H groups in total. The monoisotopic (exact) mass is 577 g/mol. The number of nitrogens with one attached hydrogen (secondary N) is 1. The number of amides is 1. The molecule has 1 fully saturated rings. The number of carbonyl (C=O) groups is 2. The molecule has 0 aromatic heterocycles. The van der Waals surface area contributed by atoms with Crippen LogP contribution in [-0.2, 0) is 19.6 Å². The number of benzene rings is 3. The van der Waals surface area contributed by atoms with Crippen LogP contribution in [0.3, 0.4) is 0 Å². The van der Waals surface area contributed by atoms with Crippen LogP contribution in [0.1, 0.15) is 17.2 Å². The minimum absolute atomic E-state index is 0.0801. The molecule has 0 saturated carbocycles. The van der Waals surface area contributed by atoms with Crippen LogP contribution in [-0.4, -0.2) is 66.8 Å². The molecule has 1 aliphatic heterocycles. The van der Waals surface area contributed by atoms with Gasteiger partial charge in [-0.25, -0.2) is 13.1 Å². The minimum Gasteiger partial charge on any atom is -0.508 e. The van der Waals surface area contributed by atoms with Gasteiger partial charge in [-0.15, -0.1) is 0 Å². The first-order chi connectivity index (χ1) is 18.0. The lowest BCUT2D eigenvalue weighted by atomic mass is 9.92. The molecule has 0 radical (unpaired) electrons. The van der Waals surface area contributed by atoms with Crippen molar-refractivity contribution in [3.8, 4) is 5.75 Å². The van der Waals surface area contributed by atoms with Gasteiger partial charge in [-0.3, -0.25) is 14.5 Å². The number of carbonyl (C=O) groups excluding carboxylic acids is 1. The Labute approximate surface area is 230 Å². The number of carboxylic acids is 1. The number of hydrogen-bond acceptors (Lipinski definition) is 6. The van der Waals surface area contributed by atoms with Gasteiger partial charge in [-0.2, -0.15) is 0 Å². The van der Waals surface area contributed by atoms with Gasteiger partial charge in [0.25, 0.3) is 0 Å². The Morgan fingerprint density at radius 2 is 1.53 bits per heavy atom. The number of phenolic OH excluding ortho intramolecular Hbond substituents is 1. The van der Waals surface area contributed by atoms with Gasteiger partial charge in [0.05, 0.1) is 12.1 Å². The Bertz CT molecular complexity index is 1370. The number of carboxylic acid groups (broad SMARTS) is 1. The smallest absolute Gasteiger partial charge is 0.318 e. The van der Waals surface area contributed by atoms with Crippen LogP contribution in [0.15, 0.2) is 72.8 Å². The van der Waals surface area contributed by atoms with E-state index in [-0.39, 0.29) is 11.8 Å². The van der Waals surface area contributed by atoms with Crippen LogP contribution in [0, 0.1) is 0 Å². The minimum atomic E-state index is -4.20. The van der Waals surface area contributed by atoms with Gasteiger partial charge in [0.15, 0.2) is 0 Å². The van der Waals surface area contributed by atoms with E-state index in [1.54, 1.807) is 36.4 Å². The summed E-state index contributed by atoms with van der Waals surface area (Å²) in [7, 11) is -4.20. The number of anilines is 1. The Morgan fingerprint density at radius 3 is 2.03 bits per heavy atom. The highest BCUT2D eigenvalue weighted by Crippen LogP contribution is 2.36. The summed E-state index contributed by atoms with van der Waals surface area (Å²) < 4.78 is 26.6. The molecule has 0 atom stereocenters. The molecule has 1 saturated heterocycles. The predicted molar refractivity (Wildman–Crippen MR) is 145 cm³/mol. The first kappa shape index (κ1) is 27.9. The van der Waals surface area contributed by atoms with Crippen molar-refractivity contribution in [1.82, 2.24) is 9.62 Å². The molecule has 1 aliphatic rings. The lowest BCUT2D eigenvalue weighted by Gasteiger charge is -2.49. The first-order valence-electron chi connectivity index (χ1n) is 11.6. The van der Waals surface area contributed by atoms with Crippen LogP contribution < -0.4 is 9.62 Å². The number of sulfonamides is 1. The summed E-state index contributed by atoms with van der Waals surface area (Å²) in [6.45, 7) is -0.0252. The summed E-state index contributed by atoms with van der Waals surface area (Å²) in [6.07, 6.45) is 0. The zero-order valence-corrected chi connectivity index (χ0v) is 22.3. The number of aliphatic carboxylic acids is 1. The topological polar surface area (TPSA) is 127 Å². The van der Waals surface area contributed by atoms with E-state index in [2.05, 4.69) is 4.90 Å². The second kappa shape index (κ2) is 11.7. The standard InChI is InChI=1S/C26H25Cl2N3O6S/c27-19-8-4-17(5-9-19)26(18-6-10-20(28)11-7-18)30-14-22(15-30)31(21-2-1-3-23(32)12-21)24(33)16-38(36,37)29-13-25(34)35/h1-12,22,26,29,32H,13-16H2,(H,34,35). The maximum atomic E-state index is 13.3. The summed E-state index contributed by atoms with van der Waals surface area (Å²) >= 11 is 12.2. The lowest BCUT2D eigenvalue weighted by Crippen LogP contribution is -2.62. The van der Waals surface area contributed by atoms with Crippen molar-refractivity contribution in [2.24, 2.45) is 0 Å². The van der Waals surface area contributed by atoms with Gasteiger partial charge in [0.2, 0.25) is 15.9 Å². The normalized spacial score (nSPS) is 14.3. The first-order valence-corrected chi connectivity index (χ1v) is 14.0. The molecule has 12 heteroatoms. The Morgan fingerprint density at radius 1 is 0.974 bits per heavy atom. The van der Waals surface area contributed by atoms with Crippen molar-refractivity contribution in [1.29, 1.82) is 0 Å². The molecule has 0 bridgehead atoms. The maximum absolute atomic E-state index is 13.3. The third-order valence-corrected chi connectivity index (χ3v) is 7.84. The van der Waals surface area contributed by atoms with E-state index in [4.69, 9.17) is 28.3 Å². The van der Waals surface area contributed by atoms with E-state index < -0.39 is 40.2 Å². The van der Waals surface area contributed by atoms with Crippen LogP contribution in [0.2, 0.25) is 10.0 Å². The van der Waals surface area contributed by atoms with E-state index in [9.17, 15) is 23.1 Å². The van der Waals surface area contributed by atoms with Crippen molar-refractivity contribution < 1.29 is 28.2 Å². The number of rotatable bonds is 10.